The van der Waals surface area contributed by atoms with Crippen molar-refractivity contribution in [2.45, 2.75) is 45.1 Å². The molecule has 2 amide bonds. The Labute approximate surface area is 196 Å². The Morgan fingerprint density at radius 2 is 2.00 bits per heavy atom. The number of unbranched alkanes of at least 4 members (excludes halogenated alkanes) is 2. The standard InChI is InChI=1S/C24H27FN6O3/c1-16(32)26-14-21-15-31(24(33)34-21)20-9-10-22(23(25)11-20)17-7-8-18(27-12-17)5-3-2-4-6-19-13-28-30-29-19/h7-13,21H,2-6,14-15H2,1H3,(H,26,32)(H,28,29,30)/t21-/m0/s1. The number of aryl methyl sites for hydroxylation is 2. The molecule has 0 aliphatic carbocycles. The predicted octanol–water partition coefficient (Wildman–Crippen LogP) is 3.42. The van der Waals surface area contributed by atoms with Crippen LogP contribution in [0.2, 0.25) is 0 Å². The van der Waals surface area contributed by atoms with Crippen LogP contribution in [0.15, 0.2) is 42.7 Å². The van der Waals surface area contributed by atoms with E-state index >= 15 is 0 Å². The number of H-pyrrole nitrogens is 1. The summed E-state index contributed by atoms with van der Waals surface area (Å²) in [6.07, 6.45) is 7.28. The Hall–Kier alpha value is -3.82. The van der Waals surface area contributed by atoms with Gasteiger partial charge in [-0.2, -0.15) is 15.4 Å². The number of ether oxygens (including phenoxy) is 1. The van der Waals surface area contributed by atoms with Gasteiger partial charge in [-0.15, -0.1) is 0 Å². The lowest BCUT2D eigenvalue weighted by Crippen LogP contribution is -2.33. The molecule has 1 saturated heterocycles. The van der Waals surface area contributed by atoms with E-state index in [0.717, 1.165) is 43.5 Å². The summed E-state index contributed by atoms with van der Waals surface area (Å²) < 4.78 is 20.1. The minimum absolute atomic E-state index is 0.201. The second-order valence-electron chi connectivity index (χ2n) is 8.28. The number of rotatable bonds is 10. The predicted molar refractivity (Wildman–Crippen MR) is 124 cm³/mol. The van der Waals surface area contributed by atoms with Gasteiger partial charge in [0.15, 0.2) is 0 Å². The number of hydrogen-bond donors (Lipinski definition) is 2. The number of aromatic nitrogens is 4. The zero-order chi connectivity index (χ0) is 23.9. The second kappa shape index (κ2) is 10.9. The van der Waals surface area contributed by atoms with E-state index in [9.17, 15) is 14.0 Å². The Morgan fingerprint density at radius 1 is 1.18 bits per heavy atom. The average molecular weight is 467 g/mol. The first kappa shape index (κ1) is 23.3. The molecule has 34 heavy (non-hydrogen) atoms. The molecule has 178 valence electrons. The molecule has 0 unspecified atom stereocenters. The molecule has 1 atom stereocenters. The number of amides is 2. The molecule has 4 rings (SSSR count). The molecule has 0 radical (unpaired) electrons. The molecular formula is C24H27FN6O3. The maximum Gasteiger partial charge on any atom is 0.414 e. The lowest BCUT2D eigenvalue weighted by molar-refractivity contribution is -0.119. The quantitative estimate of drug-likeness (QED) is 0.443. The fourth-order valence-corrected chi connectivity index (χ4v) is 3.87. The number of halogens is 1. The SMILES string of the molecule is CC(=O)NC[C@H]1CN(c2ccc(-c3ccc(CCCCCc4cn[nH]n4)nc3)c(F)c2)C(=O)O1. The minimum atomic E-state index is -0.561. The van der Waals surface area contributed by atoms with Crippen LogP contribution in [-0.2, 0) is 22.4 Å². The fraction of sp³-hybridized carbons (Fsp3) is 0.375. The Balaban J connectivity index is 1.31. The summed E-state index contributed by atoms with van der Waals surface area (Å²) in [5.74, 6) is -0.648. The highest BCUT2D eigenvalue weighted by molar-refractivity contribution is 5.90. The van der Waals surface area contributed by atoms with Crippen molar-refractivity contribution in [3.05, 3.63) is 59.9 Å². The molecule has 1 aliphatic rings. The number of hydrogen-bond acceptors (Lipinski definition) is 6. The number of benzene rings is 1. The van der Waals surface area contributed by atoms with Crippen molar-refractivity contribution in [2.24, 2.45) is 0 Å². The topological polar surface area (TPSA) is 113 Å². The average Bonchev–Trinajstić information content (AvgIpc) is 3.47. The first-order valence-corrected chi connectivity index (χ1v) is 11.3. The van der Waals surface area contributed by atoms with Gasteiger partial charge in [0.2, 0.25) is 5.91 Å². The molecule has 0 bridgehead atoms. The van der Waals surface area contributed by atoms with E-state index < -0.39 is 18.0 Å². The van der Waals surface area contributed by atoms with Crippen molar-refractivity contribution in [3.63, 3.8) is 0 Å². The van der Waals surface area contributed by atoms with E-state index in [2.05, 4.69) is 25.7 Å². The maximum atomic E-state index is 14.9. The maximum absolute atomic E-state index is 14.9. The smallest absolute Gasteiger partial charge is 0.414 e. The van der Waals surface area contributed by atoms with E-state index in [1.807, 2.05) is 12.1 Å². The number of cyclic esters (lactones) is 1. The molecule has 2 aromatic heterocycles. The fourth-order valence-electron chi connectivity index (χ4n) is 3.87. The highest BCUT2D eigenvalue weighted by atomic mass is 19.1. The summed E-state index contributed by atoms with van der Waals surface area (Å²) in [4.78, 5) is 29.1. The molecule has 0 saturated carbocycles. The van der Waals surface area contributed by atoms with E-state index in [0.29, 0.717) is 16.8 Å². The van der Waals surface area contributed by atoms with Crippen LogP contribution < -0.4 is 10.2 Å². The van der Waals surface area contributed by atoms with Gasteiger partial charge < -0.3 is 10.1 Å². The number of carbonyl (C=O) groups excluding carboxylic acids is 2. The molecule has 9 nitrogen and oxygen atoms in total. The molecule has 3 aromatic rings. The first-order valence-electron chi connectivity index (χ1n) is 11.3. The van der Waals surface area contributed by atoms with Gasteiger partial charge in [0, 0.05) is 29.9 Å². The van der Waals surface area contributed by atoms with E-state index in [1.54, 1.807) is 24.5 Å². The summed E-state index contributed by atoms with van der Waals surface area (Å²) in [5, 5.41) is 13.1. The number of carbonyl (C=O) groups is 2. The summed E-state index contributed by atoms with van der Waals surface area (Å²) >= 11 is 0. The summed E-state index contributed by atoms with van der Waals surface area (Å²) in [6.45, 7) is 1.86. The van der Waals surface area contributed by atoms with Crippen LogP contribution >= 0.6 is 0 Å². The summed E-state index contributed by atoms with van der Waals surface area (Å²) in [6, 6.07) is 8.43. The van der Waals surface area contributed by atoms with Crippen LogP contribution in [0, 0.1) is 5.82 Å². The highest BCUT2D eigenvalue weighted by Gasteiger charge is 2.32. The second-order valence-corrected chi connectivity index (χ2v) is 8.28. The Bertz CT molecular complexity index is 1120. The number of anilines is 1. The Kier molecular flexibility index (Phi) is 7.46. The van der Waals surface area contributed by atoms with Crippen LogP contribution in [0.4, 0.5) is 14.9 Å². The van der Waals surface area contributed by atoms with Crippen LogP contribution in [0.5, 0.6) is 0 Å². The summed E-state index contributed by atoms with van der Waals surface area (Å²) in [7, 11) is 0. The zero-order valence-electron chi connectivity index (χ0n) is 19.0. The van der Waals surface area contributed by atoms with Gasteiger partial charge in [-0.25, -0.2) is 9.18 Å². The Morgan fingerprint density at radius 3 is 2.68 bits per heavy atom. The third kappa shape index (κ3) is 5.94. The number of aromatic amines is 1. The van der Waals surface area contributed by atoms with Gasteiger partial charge >= 0.3 is 6.09 Å². The molecule has 1 aromatic carbocycles. The molecule has 3 heterocycles. The van der Waals surface area contributed by atoms with E-state index in [-0.39, 0.29) is 19.0 Å². The monoisotopic (exact) mass is 466 g/mol. The molecular weight excluding hydrogens is 439 g/mol. The van der Waals surface area contributed by atoms with Crippen molar-refractivity contribution in [1.29, 1.82) is 0 Å². The van der Waals surface area contributed by atoms with Gasteiger partial charge in [0.05, 0.1) is 30.7 Å². The highest BCUT2D eigenvalue weighted by Crippen LogP contribution is 2.29. The number of nitrogens with zero attached hydrogens (tertiary/aromatic N) is 4. The van der Waals surface area contributed by atoms with Gasteiger partial charge in [0.25, 0.3) is 0 Å². The largest absolute Gasteiger partial charge is 0.442 e. The number of nitrogens with one attached hydrogen (secondary N) is 2. The van der Waals surface area contributed by atoms with Crippen LogP contribution in [0.25, 0.3) is 11.1 Å². The van der Waals surface area contributed by atoms with E-state index in [4.69, 9.17) is 4.74 Å². The molecule has 2 N–H and O–H groups in total. The lowest BCUT2D eigenvalue weighted by atomic mass is 10.0. The third-order valence-electron chi connectivity index (χ3n) is 5.68. The van der Waals surface area contributed by atoms with E-state index in [1.165, 1.54) is 17.9 Å². The molecule has 1 fully saturated rings. The number of pyridine rings is 1. The normalized spacial score (nSPS) is 15.4. The van der Waals surface area contributed by atoms with Gasteiger partial charge in [0.1, 0.15) is 11.9 Å². The van der Waals surface area contributed by atoms with Crippen molar-refractivity contribution in [2.75, 3.05) is 18.0 Å². The van der Waals surface area contributed by atoms with Crippen LogP contribution in [0.1, 0.15) is 37.6 Å². The first-order chi connectivity index (χ1) is 16.5. The van der Waals surface area contributed by atoms with Crippen LogP contribution in [0.3, 0.4) is 0 Å². The van der Waals surface area contributed by atoms with Crippen molar-refractivity contribution in [1.82, 2.24) is 25.7 Å². The molecule has 1 aliphatic heterocycles. The van der Waals surface area contributed by atoms with Crippen molar-refractivity contribution >= 4 is 17.7 Å². The molecule has 10 heteroatoms. The third-order valence-corrected chi connectivity index (χ3v) is 5.68. The lowest BCUT2D eigenvalue weighted by Gasteiger charge is -2.14. The molecule has 0 spiro atoms. The van der Waals surface area contributed by atoms with Gasteiger partial charge in [-0.1, -0.05) is 12.5 Å². The van der Waals surface area contributed by atoms with Crippen molar-refractivity contribution < 1.29 is 18.7 Å². The minimum Gasteiger partial charge on any atom is -0.442 e. The van der Waals surface area contributed by atoms with Crippen LogP contribution in [-0.4, -0.2) is 51.6 Å². The van der Waals surface area contributed by atoms with Gasteiger partial charge in [-0.05, 0) is 49.9 Å². The zero-order valence-corrected chi connectivity index (χ0v) is 19.0. The van der Waals surface area contributed by atoms with Crippen molar-refractivity contribution in [3.8, 4) is 11.1 Å². The van der Waals surface area contributed by atoms with Gasteiger partial charge in [-0.3, -0.25) is 14.7 Å². The summed E-state index contributed by atoms with van der Waals surface area (Å²) in [5.41, 5.74) is 3.44.